The summed E-state index contributed by atoms with van der Waals surface area (Å²) in [6, 6.07) is 0. The van der Waals surface area contributed by atoms with Crippen LogP contribution in [0.2, 0.25) is 0 Å². The molecule has 0 saturated heterocycles. The van der Waals surface area contributed by atoms with Crippen LogP contribution in [0.15, 0.2) is 0 Å². The smallest absolute Gasteiger partial charge is 0.894 e. The Morgan fingerprint density at radius 1 is 1.31 bits per heavy atom. The molecule has 0 bridgehead atoms. The van der Waals surface area contributed by atoms with Crippen molar-refractivity contribution in [3.8, 4) is 0 Å². The predicted molar refractivity (Wildman–Crippen MR) is 38.5 cm³/mol. The molecule has 0 aromatic rings. The molecule has 1 amide bonds. The quantitative estimate of drug-likeness (QED) is 0.465. The van der Waals surface area contributed by atoms with Gasteiger partial charge in [0.1, 0.15) is 0 Å². The molecule has 0 aliphatic carbocycles. The van der Waals surface area contributed by atoms with Gasteiger partial charge >= 0.3 is 81.6 Å². The van der Waals surface area contributed by atoms with E-state index in [1.54, 1.807) is 6.92 Å². The summed E-state index contributed by atoms with van der Waals surface area (Å²) >= 11 is 0. The summed E-state index contributed by atoms with van der Waals surface area (Å²) in [6.45, 7) is 2.06. The maximum atomic E-state index is 9.60. The van der Waals surface area contributed by atoms with Gasteiger partial charge in [0, 0.05) is 0 Å². The zero-order valence-electron chi connectivity index (χ0n) is 7.15. The Labute approximate surface area is 136 Å². The zero-order valence-corrected chi connectivity index (χ0v) is 12.6. The van der Waals surface area contributed by atoms with Crippen LogP contribution in [0.5, 0.6) is 0 Å². The van der Waals surface area contributed by atoms with Crippen LogP contribution in [0.3, 0.4) is 0 Å². The molecule has 13 heavy (non-hydrogen) atoms. The van der Waals surface area contributed by atoms with Crippen LogP contribution in [0, 0.1) is 0 Å². The molecular weight excluding hydrogens is 254 g/mol. The van der Waals surface area contributed by atoms with Crippen molar-refractivity contribution in [2.75, 3.05) is 6.61 Å². The van der Waals surface area contributed by atoms with E-state index in [0.717, 1.165) is 0 Å². The van der Waals surface area contributed by atoms with E-state index in [-0.39, 0.29) is 75.5 Å². The number of carbonyl (C=O) groups is 1. The van der Waals surface area contributed by atoms with Crippen LogP contribution >= 0.6 is 0 Å². The molecule has 68 valence electrons. The van der Waals surface area contributed by atoms with E-state index in [2.05, 4.69) is 10.5 Å². The SMILES string of the molecule is CCOC(N)=O.[Ca+2].[Ca+2].[O-][Si]([O-])([O-])[O-]. The number of amides is 1. The molecule has 0 aromatic heterocycles. The summed E-state index contributed by atoms with van der Waals surface area (Å²) in [7, 11) is -5.61. The Kier molecular flexibility index (Phi) is 25.8. The van der Waals surface area contributed by atoms with Gasteiger partial charge in [-0.15, -0.1) is 0 Å². The molecular formula is C3H7Ca2NO6Si. The third kappa shape index (κ3) is 82.7. The van der Waals surface area contributed by atoms with Crippen molar-refractivity contribution in [1.82, 2.24) is 0 Å². The van der Waals surface area contributed by atoms with Gasteiger partial charge in [0.15, 0.2) is 0 Å². The van der Waals surface area contributed by atoms with E-state index in [1.807, 2.05) is 0 Å². The zero-order chi connectivity index (χ0) is 9.49. The standard InChI is InChI=1S/C3H7NO2.2Ca.O4Si/c1-2-6-3(4)5;;;1-5(2,3)4/h2H2,1H3,(H2,4,5);;;/q;2*+2;-4. The van der Waals surface area contributed by atoms with Crippen molar-refractivity contribution >= 4 is 90.6 Å². The maximum absolute atomic E-state index is 9.60. The van der Waals surface area contributed by atoms with Crippen molar-refractivity contribution < 1.29 is 28.7 Å². The first-order valence-corrected chi connectivity index (χ1v) is 4.14. The summed E-state index contributed by atoms with van der Waals surface area (Å²) in [6.07, 6.45) is -0.711. The van der Waals surface area contributed by atoms with E-state index >= 15 is 0 Å². The minimum atomic E-state index is -5.61. The number of nitrogens with two attached hydrogens (primary N) is 1. The van der Waals surface area contributed by atoms with Crippen LogP contribution in [-0.4, -0.2) is 97.2 Å². The third-order valence-electron chi connectivity index (χ3n) is 0.287. The Balaban J connectivity index is -0.0000000546. The topological polar surface area (TPSA) is 145 Å². The average molecular weight is 261 g/mol. The van der Waals surface area contributed by atoms with E-state index in [4.69, 9.17) is 19.2 Å². The van der Waals surface area contributed by atoms with Gasteiger partial charge in [-0.05, 0) is 6.92 Å². The Morgan fingerprint density at radius 3 is 1.54 bits per heavy atom. The fourth-order valence-electron chi connectivity index (χ4n) is 0.142. The van der Waals surface area contributed by atoms with Crippen molar-refractivity contribution in [2.24, 2.45) is 5.73 Å². The fourth-order valence-corrected chi connectivity index (χ4v) is 0.142. The number of rotatable bonds is 1. The second kappa shape index (κ2) is 13.8. The summed E-state index contributed by atoms with van der Waals surface area (Å²) in [4.78, 5) is 43.9. The van der Waals surface area contributed by atoms with Crippen molar-refractivity contribution in [3.05, 3.63) is 0 Å². The number of carbonyl (C=O) groups excluding carboxylic acids is 1. The van der Waals surface area contributed by atoms with Gasteiger partial charge < -0.3 is 38.7 Å². The van der Waals surface area contributed by atoms with E-state index in [1.165, 1.54) is 0 Å². The number of hydrogen-bond acceptors (Lipinski definition) is 6. The summed E-state index contributed by atoms with van der Waals surface area (Å²) < 4.78 is 4.18. The van der Waals surface area contributed by atoms with Crippen molar-refractivity contribution in [1.29, 1.82) is 0 Å². The van der Waals surface area contributed by atoms with Crippen LogP contribution in [0.25, 0.3) is 0 Å². The molecule has 7 nitrogen and oxygen atoms in total. The Bertz CT molecular complexity index is 113. The molecule has 0 rings (SSSR count). The average Bonchev–Trinajstić information content (AvgIpc) is 1.58. The number of primary amides is 1. The maximum Gasteiger partial charge on any atom is 2.00 e. The predicted octanol–water partition coefficient (Wildman–Crippen LogP) is -5.80. The number of ether oxygens (including phenoxy) is 1. The molecule has 10 heteroatoms. The molecule has 0 aromatic carbocycles. The van der Waals surface area contributed by atoms with Crippen LogP contribution in [0.1, 0.15) is 6.92 Å². The van der Waals surface area contributed by atoms with Crippen LogP contribution in [-0.2, 0) is 4.74 Å². The van der Waals surface area contributed by atoms with Gasteiger partial charge in [-0.25, -0.2) is 4.79 Å². The van der Waals surface area contributed by atoms with Crippen molar-refractivity contribution in [3.63, 3.8) is 0 Å². The minimum absolute atomic E-state index is 0. The molecule has 0 saturated carbocycles. The van der Waals surface area contributed by atoms with Gasteiger partial charge in [-0.1, -0.05) is 0 Å². The van der Waals surface area contributed by atoms with Gasteiger partial charge in [-0.3, -0.25) is 0 Å². The minimum Gasteiger partial charge on any atom is -0.894 e. The van der Waals surface area contributed by atoms with Crippen molar-refractivity contribution in [2.45, 2.75) is 6.92 Å². The third-order valence-corrected chi connectivity index (χ3v) is 0.287. The molecule has 0 aliphatic rings. The van der Waals surface area contributed by atoms with E-state index < -0.39 is 15.1 Å². The largest absolute Gasteiger partial charge is 2.00 e. The second-order valence-electron chi connectivity index (χ2n) is 1.25. The van der Waals surface area contributed by atoms with Crippen LogP contribution < -0.4 is 24.9 Å². The normalized spacial score (nSPS) is 8.08. The Hall–Kier alpha value is 1.85. The first-order chi connectivity index (χ1) is 4.77. The van der Waals surface area contributed by atoms with Crippen LogP contribution in [0.4, 0.5) is 4.79 Å². The first kappa shape index (κ1) is 24.2. The monoisotopic (exact) mass is 261 g/mol. The van der Waals surface area contributed by atoms with E-state index in [0.29, 0.717) is 6.61 Å². The molecule has 2 N–H and O–H groups in total. The molecule has 0 heterocycles. The molecule has 0 fully saturated rings. The summed E-state index contributed by atoms with van der Waals surface area (Å²) in [5.41, 5.74) is 4.54. The molecule has 0 spiro atoms. The Morgan fingerprint density at radius 2 is 1.54 bits per heavy atom. The number of hydrogen-bond donors (Lipinski definition) is 1. The first-order valence-electron chi connectivity index (χ1n) is 2.51. The van der Waals surface area contributed by atoms with Gasteiger partial charge in [0.2, 0.25) is 0 Å². The fraction of sp³-hybridized carbons (Fsp3) is 0.667. The summed E-state index contributed by atoms with van der Waals surface area (Å²) in [5.74, 6) is 0. The second-order valence-corrected chi connectivity index (χ2v) is 2.25. The van der Waals surface area contributed by atoms with Gasteiger partial charge in [-0.2, -0.15) is 0 Å². The molecule has 0 unspecified atom stereocenters. The molecule has 0 atom stereocenters. The molecule has 0 aliphatic heterocycles. The molecule has 0 radical (unpaired) electrons. The summed E-state index contributed by atoms with van der Waals surface area (Å²) in [5, 5.41) is 0. The van der Waals surface area contributed by atoms with E-state index in [9.17, 15) is 4.79 Å². The van der Waals surface area contributed by atoms with Gasteiger partial charge in [0.25, 0.3) is 0 Å². The van der Waals surface area contributed by atoms with Gasteiger partial charge in [0.05, 0.1) is 6.61 Å².